The van der Waals surface area contributed by atoms with E-state index >= 15 is 0 Å². The highest BCUT2D eigenvalue weighted by molar-refractivity contribution is 5.89. The van der Waals surface area contributed by atoms with Crippen LogP contribution in [0.5, 0.6) is 0 Å². The third-order valence-electron chi connectivity index (χ3n) is 5.68. The van der Waals surface area contributed by atoms with E-state index in [0.717, 1.165) is 28.3 Å². The highest BCUT2D eigenvalue weighted by Gasteiger charge is 2.28. The summed E-state index contributed by atoms with van der Waals surface area (Å²) in [5, 5.41) is 9.37. The number of amides is 3. The molecule has 1 heterocycles. The number of aldehydes is 1. The quantitative estimate of drug-likeness (QED) is 0.368. The summed E-state index contributed by atoms with van der Waals surface area (Å²) in [7, 11) is 0. The van der Waals surface area contributed by atoms with Gasteiger partial charge in [-0.05, 0) is 23.1 Å². The predicted octanol–water partition coefficient (Wildman–Crippen LogP) is 3.31. The molecule has 0 aliphatic heterocycles. The van der Waals surface area contributed by atoms with Gasteiger partial charge in [0.05, 0.1) is 6.04 Å². The van der Waals surface area contributed by atoms with Gasteiger partial charge in [-0.2, -0.15) is 0 Å². The molecule has 0 saturated carbocycles. The van der Waals surface area contributed by atoms with E-state index in [1.54, 1.807) is 0 Å². The number of rotatable bonds is 10. The second-order valence-electron chi connectivity index (χ2n) is 7.99. The van der Waals surface area contributed by atoms with Gasteiger partial charge in [-0.15, -0.1) is 0 Å². The second kappa shape index (κ2) is 11.1. The van der Waals surface area contributed by atoms with E-state index < -0.39 is 18.1 Å². The third kappa shape index (κ3) is 5.97. The normalized spacial score (nSPS) is 13.7. The molecule has 1 unspecified atom stereocenters. The average molecular weight is 435 g/mol. The largest absolute Gasteiger partial charge is 0.361 e. The van der Waals surface area contributed by atoms with Crippen molar-refractivity contribution >= 4 is 29.1 Å². The van der Waals surface area contributed by atoms with Crippen molar-refractivity contribution in [1.82, 2.24) is 20.9 Å². The van der Waals surface area contributed by atoms with E-state index in [-0.39, 0.29) is 11.8 Å². The molecule has 0 bridgehead atoms. The predicted molar refractivity (Wildman–Crippen MR) is 125 cm³/mol. The molecule has 7 heteroatoms. The zero-order valence-electron chi connectivity index (χ0n) is 18.4. The lowest BCUT2D eigenvalue weighted by molar-refractivity contribution is -0.126. The monoisotopic (exact) mass is 434 g/mol. The van der Waals surface area contributed by atoms with Gasteiger partial charge in [0, 0.05) is 30.1 Å². The first-order valence-electron chi connectivity index (χ1n) is 10.9. The number of benzene rings is 2. The van der Waals surface area contributed by atoms with Crippen LogP contribution in [0.25, 0.3) is 10.9 Å². The number of nitrogens with one attached hydrogen (secondary N) is 4. The molecule has 3 aromatic rings. The van der Waals surface area contributed by atoms with Gasteiger partial charge in [-0.3, -0.25) is 4.79 Å². The number of hydrogen-bond donors (Lipinski definition) is 4. The van der Waals surface area contributed by atoms with Crippen LogP contribution in [-0.2, 0) is 22.6 Å². The van der Waals surface area contributed by atoms with Gasteiger partial charge in [-0.25, -0.2) is 4.79 Å². The molecular weight excluding hydrogens is 404 g/mol. The van der Waals surface area contributed by atoms with Crippen molar-refractivity contribution in [3.63, 3.8) is 0 Å². The van der Waals surface area contributed by atoms with Gasteiger partial charge < -0.3 is 25.7 Å². The maximum Gasteiger partial charge on any atom is 0.315 e. The molecule has 0 radical (unpaired) electrons. The van der Waals surface area contributed by atoms with E-state index in [9.17, 15) is 14.4 Å². The van der Waals surface area contributed by atoms with Crippen molar-refractivity contribution < 1.29 is 14.4 Å². The van der Waals surface area contributed by atoms with E-state index in [1.807, 2.05) is 74.6 Å². The summed E-state index contributed by atoms with van der Waals surface area (Å²) in [6, 6.07) is 15.5. The smallest absolute Gasteiger partial charge is 0.315 e. The minimum Gasteiger partial charge on any atom is -0.361 e. The van der Waals surface area contributed by atoms with Crippen LogP contribution < -0.4 is 16.0 Å². The van der Waals surface area contributed by atoms with Gasteiger partial charge in [0.15, 0.2) is 0 Å². The van der Waals surface area contributed by atoms with Crippen LogP contribution in [0.4, 0.5) is 4.79 Å². The van der Waals surface area contributed by atoms with Crippen LogP contribution in [-0.4, -0.2) is 35.3 Å². The Morgan fingerprint density at radius 3 is 2.47 bits per heavy atom. The first-order chi connectivity index (χ1) is 15.5. The van der Waals surface area contributed by atoms with Crippen LogP contribution in [0.3, 0.4) is 0 Å². The number of urea groups is 1. The van der Waals surface area contributed by atoms with E-state index in [2.05, 4.69) is 20.9 Å². The highest BCUT2D eigenvalue weighted by atomic mass is 16.2. The SMILES string of the molecule is CCC(C)[C@H](NC(=O)NCc1ccccc1)C(=O)N[C@H](C=O)Cc1c[nH]c2ccccc12. The first kappa shape index (κ1) is 23.1. The Kier molecular flexibility index (Phi) is 8.02. The average Bonchev–Trinajstić information content (AvgIpc) is 3.23. The molecule has 3 atom stereocenters. The van der Waals surface area contributed by atoms with Crippen molar-refractivity contribution in [3.8, 4) is 0 Å². The van der Waals surface area contributed by atoms with Gasteiger partial charge in [0.25, 0.3) is 0 Å². The molecule has 3 amide bonds. The zero-order chi connectivity index (χ0) is 22.9. The topological polar surface area (TPSA) is 103 Å². The molecule has 4 N–H and O–H groups in total. The first-order valence-corrected chi connectivity index (χ1v) is 10.9. The van der Waals surface area contributed by atoms with Crippen LogP contribution >= 0.6 is 0 Å². The lowest BCUT2D eigenvalue weighted by atomic mass is 9.97. The molecule has 0 fully saturated rings. The Morgan fingerprint density at radius 2 is 1.75 bits per heavy atom. The fourth-order valence-electron chi connectivity index (χ4n) is 3.62. The Balaban J connectivity index is 1.62. The van der Waals surface area contributed by atoms with Crippen LogP contribution in [0.2, 0.25) is 0 Å². The Labute approximate surface area is 188 Å². The summed E-state index contributed by atoms with van der Waals surface area (Å²) in [5.41, 5.74) is 2.89. The van der Waals surface area contributed by atoms with Crippen LogP contribution in [0, 0.1) is 5.92 Å². The summed E-state index contributed by atoms with van der Waals surface area (Å²) in [5.74, 6) is -0.469. The Bertz CT molecular complexity index is 1050. The van der Waals surface area contributed by atoms with Crippen molar-refractivity contribution in [2.75, 3.05) is 0 Å². The molecule has 1 aromatic heterocycles. The van der Waals surface area contributed by atoms with Crippen molar-refractivity contribution in [2.24, 2.45) is 5.92 Å². The van der Waals surface area contributed by atoms with Crippen molar-refractivity contribution in [1.29, 1.82) is 0 Å². The molecule has 3 rings (SSSR count). The Morgan fingerprint density at radius 1 is 1.03 bits per heavy atom. The summed E-state index contributed by atoms with van der Waals surface area (Å²) in [6.45, 7) is 4.22. The maximum absolute atomic E-state index is 13.0. The van der Waals surface area contributed by atoms with E-state index in [4.69, 9.17) is 0 Å². The molecule has 32 heavy (non-hydrogen) atoms. The fourth-order valence-corrected chi connectivity index (χ4v) is 3.62. The number of carbonyl (C=O) groups excluding carboxylic acids is 3. The lowest BCUT2D eigenvalue weighted by Gasteiger charge is -2.25. The number of hydrogen-bond acceptors (Lipinski definition) is 3. The molecule has 0 aliphatic carbocycles. The molecule has 168 valence electrons. The standard InChI is InChI=1S/C25H30N4O3/c1-3-17(2)23(29-25(32)27-14-18-9-5-4-6-10-18)24(31)28-20(16-30)13-19-15-26-22-12-8-7-11-21(19)22/h4-12,15-17,20,23,26H,3,13-14H2,1-2H3,(H,28,31)(H2,27,29,32)/t17?,20-,23-/m0/s1. The van der Waals surface area contributed by atoms with Gasteiger partial charge >= 0.3 is 6.03 Å². The summed E-state index contributed by atoms with van der Waals surface area (Å²) >= 11 is 0. The van der Waals surface area contributed by atoms with Gasteiger partial charge in [0.2, 0.25) is 5.91 Å². The highest BCUT2D eigenvalue weighted by Crippen LogP contribution is 2.19. The number of aromatic nitrogens is 1. The molecule has 0 aliphatic rings. The second-order valence-corrected chi connectivity index (χ2v) is 7.99. The molecule has 0 spiro atoms. The van der Waals surface area contributed by atoms with Gasteiger partial charge in [-0.1, -0.05) is 68.8 Å². The number of carbonyl (C=O) groups is 3. The molecular formula is C25H30N4O3. The molecule has 7 nitrogen and oxygen atoms in total. The zero-order valence-corrected chi connectivity index (χ0v) is 18.4. The minimum absolute atomic E-state index is 0.0992. The third-order valence-corrected chi connectivity index (χ3v) is 5.68. The number of aromatic amines is 1. The lowest BCUT2D eigenvalue weighted by Crippen LogP contribution is -2.55. The Hall–Kier alpha value is -3.61. The number of H-pyrrole nitrogens is 1. The van der Waals surface area contributed by atoms with E-state index in [0.29, 0.717) is 19.4 Å². The molecule has 2 aromatic carbocycles. The number of para-hydroxylation sites is 1. The van der Waals surface area contributed by atoms with E-state index in [1.165, 1.54) is 0 Å². The van der Waals surface area contributed by atoms with Gasteiger partial charge in [0.1, 0.15) is 12.3 Å². The van der Waals surface area contributed by atoms with Crippen molar-refractivity contribution in [2.45, 2.75) is 45.3 Å². The minimum atomic E-state index is -0.749. The fraction of sp³-hybridized carbons (Fsp3) is 0.320. The maximum atomic E-state index is 13.0. The summed E-state index contributed by atoms with van der Waals surface area (Å²) in [6.07, 6.45) is 3.66. The van der Waals surface area contributed by atoms with Crippen LogP contribution in [0.1, 0.15) is 31.4 Å². The van der Waals surface area contributed by atoms with Crippen molar-refractivity contribution in [3.05, 3.63) is 71.9 Å². The summed E-state index contributed by atoms with van der Waals surface area (Å²) in [4.78, 5) is 40.3. The number of fused-ring (bicyclic) bond motifs is 1. The molecule has 0 saturated heterocycles. The van der Waals surface area contributed by atoms with Crippen LogP contribution in [0.15, 0.2) is 60.8 Å². The summed E-state index contributed by atoms with van der Waals surface area (Å²) < 4.78 is 0.